The van der Waals surface area contributed by atoms with E-state index < -0.39 is 0 Å². The third kappa shape index (κ3) is 3.36. The number of carbonyl (C=O) groups is 1. The van der Waals surface area contributed by atoms with E-state index in [1.807, 2.05) is 0 Å². The van der Waals surface area contributed by atoms with Gasteiger partial charge in [-0.05, 0) is 32.4 Å². The SMILES string of the molecule is C[C@H]1C[C@@H](C(=O)Nc2cc(Cl)c(=O)n(C)c2)CCN1. The van der Waals surface area contributed by atoms with E-state index in [1.54, 1.807) is 13.2 Å². The lowest BCUT2D eigenvalue weighted by molar-refractivity contribution is -0.120. The first-order valence-electron chi connectivity index (χ1n) is 6.38. The molecule has 1 aliphatic rings. The van der Waals surface area contributed by atoms with Crippen LogP contribution in [0.4, 0.5) is 5.69 Å². The van der Waals surface area contributed by atoms with Crippen LogP contribution in [0, 0.1) is 5.92 Å². The minimum atomic E-state index is -0.268. The average Bonchev–Trinajstić information content (AvgIpc) is 2.36. The Labute approximate surface area is 117 Å². The highest BCUT2D eigenvalue weighted by Gasteiger charge is 2.24. The molecule has 104 valence electrons. The molecule has 0 radical (unpaired) electrons. The second-order valence-electron chi connectivity index (χ2n) is 5.06. The first-order valence-corrected chi connectivity index (χ1v) is 6.75. The number of carbonyl (C=O) groups excluding carboxylic acids is 1. The Bertz CT molecular complexity index is 515. The van der Waals surface area contributed by atoms with Crippen LogP contribution in [0.1, 0.15) is 19.8 Å². The molecule has 2 heterocycles. The van der Waals surface area contributed by atoms with E-state index in [-0.39, 0.29) is 22.4 Å². The molecule has 1 saturated heterocycles. The van der Waals surface area contributed by atoms with E-state index in [9.17, 15) is 9.59 Å². The first-order chi connectivity index (χ1) is 8.97. The molecule has 1 fully saturated rings. The number of halogens is 1. The van der Waals surface area contributed by atoms with Crippen LogP contribution >= 0.6 is 11.6 Å². The third-order valence-corrected chi connectivity index (χ3v) is 3.67. The Morgan fingerprint density at radius 1 is 1.58 bits per heavy atom. The van der Waals surface area contributed by atoms with Crippen molar-refractivity contribution in [1.29, 1.82) is 0 Å². The standard InChI is InChI=1S/C13H18ClN3O2/c1-8-5-9(3-4-15-8)12(18)16-10-6-11(14)13(19)17(2)7-10/h6-9,15H,3-5H2,1-2H3,(H,16,18)/t8-,9-/m0/s1. The summed E-state index contributed by atoms with van der Waals surface area (Å²) >= 11 is 5.82. The maximum atomic E-state index is 12.2. The summed E-state index contributed by atoms with van der Waals surface area (Å²) in [6.07, 6.45) is 3.23. The summed E-state index contributed by atoms with van der Waals surface area (Å²) in [5.74, 6) is -0.00433. The van der Waals surface area contributed by atoms with Gasteiger partial charge in [0.1, 0.15) is 5.02 Å². The van der Waals surface area contributed by atoms with Crippen LogP contribution in [0.25, 0.3) is 0 Å². The zero-order valence-electron chi connectivity index (χ0n) is 11.1. The minimum Gasteiger partial charge on any atom is -0.324 e. The monoisotopic (exact) mass is 283 g/mol. The summed E-state index contributed by atoms with van der Waals surface area (Å²) in [5, 5.41) is 6.25. The van der Waals surface area contributed by atoms with Crippen molar-refractivity contribution >= 4 is 23.2 Å². The number of hydrogen-bond donors (Lipinski definition) is 2. The highest BCUT2D eigenvalue weighted by Crippen LogP contribution is 2.19. The van der Waals surface area contributed by atoms with Crippen molar-refractivity contribution in [2.75, 3.05) is 11.9 Å². The van der Waals surface area contributed by atoms with Gasteiger partial charge < -0.3 is 15.2 Å². The average molecular weight is 284 g/mol. The molecule has 0 spiro atoms. The lowest BCUT2D eigenvalue weighted by Crippen LogP contribution is -2.40. The Hall–Kier alpha value is -1.33. The highest BCUT2D eigenvalue weighted by atomic mass is 35.5. The first kappa shape index (κ1) is 14.1. The molecule has 0 bridgehead atoms. The summed E-state index contributed by atoms with van der Waals surface area (Å²) in [6, 6.07) is 1.85. The lowest BCUT2D eigenvalue weighted by atomic mass is 9.92. The molecular formula is C13H18ClN3O2. The summed E-state index contributed by atoms with van der Waals surface area (Å²) < 4.78 is 1.36. The van der Waals surface area contributed by atoms with Gasteiger partial charge in [-0.3, -0.25) is 9.59 Å². The summed E-state index contributed by atoms with van der Waals surface area (Å²) in [5.41, 5.74) is 0.290. The van der Waals surface area contributed by atoms with E-state index >= 15 is 0 Å². The zero-order chi connectivity index (χ0) is 14.0. The van der Waals surface area contributed by atoms with Crippen LogP contribution in [-0.4, -0.2) is 23.1 Å². The van der Waals surface area contributed by atoms with Crippen molar-refractivity contribution in [3.63, 3.8) is 0 Å². The van der Waals surface area contributed by atoms with Gasteiger partial charge in [0.15, 0.2) is 0 Å². The van der Waals surface area contributed by atoms with E-state index in [0.717, 1.165) is 19.4 Å². The fourth-order valence-corrected chi connectivity index (χ4v) is 2.60. The van der Waals surface area contributed by atoms with Crippen molar-refractivity contribution in [3.05, 3.63) is 27.6 Å². The topological polar surface area (TPSA) is 63.1 Å². The number of nitrogens with zero attached hydrogens (tertiary/aromatic N) is 1. The fourth-order valence-electron chi connectivity index (χ4n) is 2.35. The molecule has 0 unspecified atom stereocenters. The van der Waals surface area contributed by atoms with E-state index in [1.165, 1.54) is 10.6 Å². The Morgan fingerprint density at radius 3 is 2.95 bits per heavy atom. The Kier molecular flexibility index (Phi) is 4.27. The van der Waals surface area contributed by atoms with Crippen LogP contribution < -0.4 is 16.2 Å². The quantitative estimate of drug-likeness (QED) is 0.862. The molecule has 5 nitrogen and oxygen atoms in total. The molecular weight excluding hydrogens is 266 g/mol. The summed E-state index contributed by atoms with van der Waals surface area (Å²) in [6.45, 7) is 2.93. The molecule has 2 rings (SSSR count). The van der Waals surface area contributed by atoms with Crippen molar-refractivity contribution in [1.82, 2.24) is 9.88 Å². The molecule has 1 aromatic heterocycles. The molecule has 2 N–H and O–H groups in total. The van der Waals surface area contributed by atoms with E-state index in [2.05, 4.69) is 17.6 Å². The fraction of sp³-hybridized carbons (Fsp3) is 0.538. The number of amides is 1. The minimum absolute atomic E-state index is 0.00672. The van der Waals surface area contributed by atoms with Crippen LogP contribution in [0.5, 0.6) is 0 Å². The number of piperidine rings is 1. The molecule has 1 aliphatic heterocycles. The van der Waals surface area contributed by atoms with Crippen molar-refractivity contribution in [3.8, 4) is 0 Å². The van der Waals surface area contributed by atoms with E-state index in [4.69, 9.17) is 11.6 Å². The third-order valence-electron chi connectivity index (χ3n) is 3.40. The molecule has 1 aromatic rings. The van der Waals surface area contributed by atoms with Crippen LogP contribution in [-0.2, 0) is 11.8 Å². The molecule has 0 aliphatic carbocycles. The molecule has 1 amide bonds. The maximum Gasteiger partial charge on any atom is 0.269 e. The Morgan fingerprint density at radius 2 is 2.32 bits per heavy atom. The largest absolute Gasteiger partial charge is 0.324 e. The predicted molar refractivity (Wildman–Crippen MR) is 75.5 cm³/mol. The van der Waals surface area contributed by atoms with Gasteiger partial charge in [0.2, 0.25) is 5.91 Å². The summed E-state index contributed by atoms with van der Waals surface area (Å²) in [7, 11) is 1.61. The molecule has 0 aromatic carbocycles. The van der Waals surface area contributed by atoms with Crippen LogP contribution in [0.15, 0.2) is 17.1 Å². The van der Waals surface area contributed by atoms with Gasteiger partial charge in [-0.25, -0.2) is 0 Å². The van der Waals surface area contributed by atoms with Gasteiger partial charge in [-0.2, -0.15) is 0 Å². The van der Waals surface area contributed by atoms with Crippen molar-refractivity contribution < 1.29 is 4.79 Å². The van der Waals surface area contributed by atoms with Gasteiger partial charge in [0, 0.05) is 25.2 Å². The predicted octanol–water partition coefficient (Wildman–Crippen LogP) is 1.37. The molecule has 0 saturated carbocycles. The number of hydrogen-bond acceptors (Lipinski definition) is 3. The van der Waals surface area contributed by atoms with Crippen LogP contribution in [0.2, 0.25) is 5.02 Å². The van der Waals surface area contributed by atoms with Gasteiger partial charge >= 0.3 is 0 Å². The molecule has 19 heavy (non-hydrogen) atoms. The van der Waals surface area contributed by atoms with Gasteiger partial charge in [0.25, 0.3) is 5.56 Å². The summed E-state index contributed by atoms with van der Waals surface area (Å²) in [4.78, 5) is 23.6. The molecule has 2 atom stereocenters. The number of nitrogens with one attached hydrogen (secondary N) is 2. The molecule has 6 heteroatoms. The highest BCUT2D eigenvalue weighted by molar-refractivity contribution is 6.30. The van der Waals surface area contributed by atoms with Crippen molar-refractivity contribution in [2.45, 2.75) is 25.8 Å². The van der Waals surface area contributed by atoms with Gasteiger partial charge in [-0.1, -0.05) is 11.6 Å². The lowest BCUT2D eigenvalue weighted by Gasteiger charge is -2.27. The number of aromatic nitrogens is 1. The Balaban J connectivity index is 2.08. The maximum absolute atomic E-state index is 12.2. The normalized spacial score (nSPS) is 23.1. The van der Waals surface area contributed by atoms with Gasteiger partial charge in [-0.15, -0.1) is 0 Å². The number of anilines is 1. The van der Waals surface area contributed by atoms with Crippen molar-refractivity contribution in [2.24, 2.45) is 13.0 Å². The van der Waals surface area contributed by atoms with E-state index in [0.29, 0.717) is 11.7 Å². The number of rotatable bonds is 2. The smallest absolute Gasteiger partial charge is 0.269 e. The number of pyridine rings is 1. The second kappa shape index (κ2) is 5.75. The number of aryl methyl sites for hydroxylation is 1. The van der Waals surface area contributed by atoms with Gasteiger partial charge in [0.05, 0.1) is 5.69 Å². The second-order valence-corrected chi connectivity index (χ2v) is 5.47. The zero-order valence-corrected chi connectivity index (χ0v) is 11.8. The van der Waals surface area contributed by atoms with Crippen LogP contribution in [0.3, 0.4) is 0 Å².